The molecule has 2 rings (SSSR count). The van der Waals surface area contributed by atoms with E-state index < -0.39 is 0 Å². The van der Waals surface area contributed by atoms with Crippen LogP contribution in [-0.2, 0) is 11.3 Å². The van der Waals surface area contributed by atoms with E-state index in [-0.39, 0.29) is 29.8 Å². The molecule has 0 aromatic heterocycles. The molecule has 124 valence electrons. The van der Waals surface area contributed by atoms with Crippen molar-refractivity contribution < 1.29 is 9.53 Å². The normalized spacial score (nSPS) is 17.7. The lowest BCUT2D eigenvalue weighted by Gasteiger charge is -2.24. The quantitative estimate of drug-likeness (QED) is 0.894. The van der Waals surface area contributed by atoms with Crippen molar-refractivity contribution in [3.8, 4) is 5.75 Å². The van der Waals surface area contributed by atoms with Crippen LogP contribution in [0, 0.1) is 12.8 Å². The molecular formula is C17H27ClN2O2. The van der Waals surface area contributed by atoms with E-state index in [1.54, 1.807) is 0 Å². The van der Waals surface area contributed by atoms with Crippen LogP contribution in [0.25, 0.3) is 0 Å². The number of carbonyl (C=O) groups is 1. The predicted octanol–water partition coefficient (Wildman–Crippen LogP) is 2.82. The SMILES string of the molecule is Cc1ccc(CNC(=O)C2CCNC2)c(OC(C)(C)C)c1.Cl. The maximum atomic E-state index is 12.1. The Kier molecular flexibility index (Phi) is 6.69. The lowest BCUT2D eigenvalue weighted by molar-refractivity contribution is -0.124. The molecule has 1 unspecified atom stereocenters. The van der Waals surface area contributed by atoms with E-state index in [2.05, 4.69) is 10.6 Å². The van der Waals surface area contributed by atoms with E-state index in [0.29, 0.717) is 6.54 Å². The second-order valence-electron chi connectivity index (χ2n) is 6.73. The van der Waals surface area contributed by atoms with E-state index >= 15 is 0 Å². The molecule has 1 saturated heterocycles. The van der Waals surface area contributed by atoms with Crippen LogP contribution in [0.3, 0.4) is 0 Å². The number of rotatable bonds is 4. The van der Waals surface area contributed by atoms with Crippen LogP contribution in [0.15, 0.2) is 18.2 Å². The summed E-state index contributed by atoms with van der Waals surface area (Å²) in [6.45, 7) is 10.4. The summed E-state index contributed by atoms with van der Waals surface area (Å²) in [4.78, 5) is 12.1. The van der Waals surface area contributed by atoms with Crippen molar-refractivity contribution in [1.82, 2.24) is 10.6 Å². The van der Waals surface area contributed by atoms with Gasteiger partial charge in [0, 0.05) is 18.7 Å². The van der Waals surface area contributed by atoms with E-state index in [9.17, 15) is 4.79 Å². The minimum Gasteiger partial charge on any atom is -0.488 e. The monoisotopic (exact) mass is 326 g/mol. The summed E-state index contributed by atoms with van der Waals surface area (Å²) in [6.07, 6.45) is 0.922. The number of amides is 1. The fourth-order valence-corrected chi connectivity index (χ4v) is 2.44. The summed E-state index contributed by atoms with van der Waals surface area (Å²) in [7, 11) is 0. The fraction of sp³-hybridized carbons (Fsp3) is 0.588. The molecule has 4 nitrogen and oxygen atoms in total. The number of aryl methyl sites for hydroxylation is 1. The molecule has 0 spiro atoms. The number of carbonyl (C=O) groups excluding carboxylic acids is 1. The Balaban J connectivity index is 0.00000242. The Hall–Kier alpha value is -1.26. The zero-order valence-corrected chi connectivity index (χ0v) is 14.7. The van der Waals surface area contributed by atoms with Gasteiger partial charge in [0.1, 0.15) is 11.4 Å². The van der Waals surface area contributed by atoms with Gasteiger partial charge in [0.2, 0.25) is 5.91 Å². The van der Waals surface area contributed by atoms with Gasteiger partial charge in [-0.05, 0) is 52.3 Å². The number of ether oxygens (including phenoxy) is 1. The first kappa shape index (κ1) is 18.8. The summed E-state index contributed by atoms with van der Waals surface area (Å²) in [6, 6.07) is 6.11. The summed E-state index contributed by atoms with van der Waals surface area (Å²) in [5.41, 5.74) is 1.93. The summed E-state index contributed by atoms with van der Waals surface area (Å²) >= 11 is 0. The average molecular weight is 327 g/mol. The second-order valence-corrected chi connectivity index (χ2v) is 6.73. The Morgan fingerprint density at radius 1 is 1.41 bits per heavy atom. The second kappa shape index (κ2) is 7.84. The van der Waals surface area contributed by atoms with Gasteiger partial charge in [0.05, 0.1) is 5.92 Å². The number of hydrogen-bond donors (Lipinski definition) is 2. The molecule has 1 heterocycles. The van der Waals surface area contributed by atoms with E-state index in [4.69, 9.17) is 4.74 Å². The van der Waals surface area contributed by atoms with Gasteiger partial charge in [-0.15, -0.1) is 12.4 Å². The molecule has 0 bridgehead atoms. The van der Waals surface area contributed by atoms with Crippen LogP contribution >= 0.6 is 12.4 Å². The van der Waals surface area contributed by atoms with E-state index in [0.717, 1.165) is 36.4 Å². The van der Waals surface area contributed by atoms with Gasteiger partial charge in [0.15, 0.2) is 0 Å². The minimum absolute atomic E-state index is 0. The van der Waals surface area contributed by atoms with Crippen molar-refractivity contribution in [3.63, 3.8) is 0 Å². The number of benzene rings is 1. The van der Waals surface area contributed by atoms with Crippen molar-refractivity contribution >= 4 is 18.3 Å². The summed E-state index contributed by atoms with van der Waals surface area (Å²) < 4.78 is 6.01. The highest BCUT2D eigenvalue weighted by Crippen LogP contribution is 2.24. The third-order valence-corrected chi connectivity index (χ3v) is 3.52. The molecule has 1 aliphatic rings. The van der Waals surface area contributed by atoms with Crippen molar-refractivity contribution in [2.75, 3.05) is 13.1 Å². The van der Waals surface area contributed by atoms with Crippen molar-refractivity contribution in [3.05, 3.63) is 29.3 Å². The van der Waals surface area contributed by atoms with Crippen LogP contribution in [0.5, 0.6) is 5.75 Å². The van der Waals surface area contributed by atoms with Crippen LogP contribution in [0.1, 0.15) is 38.3 Å². The molecule has 1 amide bonds. The third-order valence-electron chi connectivity index (χ3n) is 3.52. The first-order chi connectivity index (χ1) is 9.85. The van der Waals surface area contributed by atoms with Crippen LogP contribution in [-0.4, -0.2) is 24.6 Å². The molecule has 5 heteroatoms. The molecule has 1 atom stereocenters. The van der Waals surface area contributed by atoms with Crippen LogP contribution in [0.2, 0.25) is 0 Å². The van der Waals surface area contributed by atoms with Gasteiger partial charge in [-0.1, -0.05) is 12.1 Å². The largest absolute Gasteiger partial charge is 0.488 e. The highest BCUT2D eigenvalue weighted by atomic mass is 35.5. The zero-order valence-electron chi connectivity index (χ0n) is 13.9. The van der Waals surface area contributed by atoms with Gasteiger partial charge in [-0.25, -0.2) is 0 Å². The summed E-state index contributed by atoms with van der Waals surface area (Å²) in [5, 5.41) is 6.24. The fourth-order valence-electron chi connectivity index (χ4n) is 2.44. The molecule has 22 heavy (non-hydrogen) atoms. The summed E-state index contributed by atoms with van der Waals surface area (Å²) in [5.74, 6) is 1.08. The molecule has 0 aliphatic carbocycles. The molecular weight excluding hydrogens is 300 g/mol. The highest BCUT2D eigenvalue weighted by Gasteiger charge is 2.22. The smallest absolute Gasteiger partial charge is 0.224 e. The van der Waals surface area contributed by atoms with E-state index in [1.165, 1.54) is 0 Å². The molecule has 1 aliphatic heterocycles. The Morgan fingerprint density at radius 2 is 2.14 bits per heavy atom. The van der Waals surface area contributed by atoms with Crippen LogP contribution in [0.4, 0.5) is 0 Å². The third kappa shape index (κ3) is 5.50. The molecule has 1 aromatic carbocycles. The zero-order chi connectivity index (χ0) is 15.5. The first-order valence-electron chi connectivity index (χ1n) is 7.62. The van der Waals surface area contributed by atoms with Crippen molar-refractivity contribution in [2.45, 2.75) is 46.3 Å². The maximum Gasteiger partial charge on any atom is 0.224 e. The lowest BCUT2D eigenvalue weighted by Crippen LogP contribution is -2.32. The van der Waals surface area contributed by atoms with Crippen LogP contribution < -0.4 is 15.4 Å². The van der Waals surface area contributed by atoms with E-state index in [1.807, 2.05) is 45.9 Å². The van der Waals surface area contributed by atoms with Crippen molar-refractivity contribution in [1.29, 1.82) is 0 Å². The highest BCUT2D eigenvalue weighted by molar-refractivity contribution is 5.85. The molecule has 2 N–H and O–H groups in total. The molecule has 1 aromatic rings. The van der Waals surface area contributed by atoms with Gasteiger partial charge in [-0.2, -0.15) is 0 Å². The predicted molar refractivity (Wildman–Crippen MR) is 91.6 cm³/mol. The first-order valence-corrected chi connectivity index (χ1v) is 7.62. The standard InChI is InChI=1S/C17H26N2O2.ClH/c1-12-5-6-13(15(9-12)21-17(2,3)4)11-19-16(20)14-7-8-18-10-14;/h5-6,9,14,18H,7-8,10-11H2,1-4H3,(H,19,20);1H. The van der Waals surface area contributed by atoms with Gasteiger partial charge in [0.25, 0.3) is 0 Å². The van der Waals surface area contributed by atoms with Crippen molar-refractivity contribution in [2.24, 2.45) is 5.92 Å². The molecule has 1 fully saturated rings. The Labute approximate surface area is 139 Å². The number of hydrogen-bond acceptors (Lipinski definition) is 3. The minimum atomic E-state index is -0.248. The Bertz CT molecular complexity index is 506. The molecule has 0 radical (unpaired) electrons. The van der Waals surface area contributed by atoms with Gasteiger partial charge in [-0.3, -0.25) is 4.79 Å². The number of halogens is 1. The molecule has 0 saturated carbocycles. The average Bonchev–Trinajstić information content (AvgIpc) is 2.89. The maximum absolute atomic E-state index is 12.1. The lowest BCUT2D eigenvalue weighted by atomic mass is 10.1. The van der Waals surface area contributed by atoms with Gasteiger partial charge < -0.3 is 15.4 Å². The van der Waals surface area contributed by atoms with Gasteiger partial charge >= 0.3 is 0 Å². The topological polar surface area (TPSA) is 50.4 Å². The number of nitrogens with one attached hydrogen (secondary N) is 2. The Morgan fingerprint density at radius 3 is 2.73 bits per heavy atom.